The van der Waals surface area contributed by atoms with Gasteiger partial charge in [0.15, 0.2) is 0 Å². The number of allylic oxidation sites excluding steroid dienone is 1. The van der Waals surface area contributed by atoms with E-state index in [0.717, 1.165) is 59.1 Å². The minimum Gasteiger partial charge on any atom is -0.403 e. The number of fused-ring (bicyclic) bond motifs is 1. The number of hydrogen-bond acceptors (Lipinski definition) is 3. The van der Waals surface area contributed by atoms with Crippen molar-refractivity contribution in [1.82, 2.24) is 20.5 Å². The van der Waals surface area contributed by atoms with E-state index in [1.54, 1.807) is 0 Å². The monoisotopic (exact) mass is 366 g/mol. The zero-order valence-electron chi connectivity index (χ0n) is 14.9. The van der Waals surface area contributed by atoms with Gasteiger partial charge in [-0.25, -0.2) is 13.5 Å². The summed E-state index contributed by atoms with van der Waals surface area (Å²) < 4.78 is 0. The molecule has 1 aromatic carbocycles. The summed E-state index contributed by atoms with van der Waals surface area (Å²) in [6.07, 6.45) is 2.28. The molecule has 0 amide bonds. The number of likely N-dealkylation sites (tertiary alicyclic amines) is 1. The van der Waals surface area contributed by atoms with Crippen LogP contribution >= 0.6 is 11.6 Å². The number of H-pyrrole nitrogens is 1. The van der Waals surface area contributed by atoms with Gasteiger partial charge in [-0.2, -0.15) is 0 Å². The fraction of sp³-hybridized carbons (Fsp3) is 0.316. The molecule has 128 valence electrons. The van der Waals surface area contributed by atoms with E-state index in [0.29, 0.717) is 12.6 Å². The number of halogens is 1. The topological polar surface area (TPSA) is 43.1 Å². The number of aromatic nitrogens is 1. The summed E-state index contributed by atoms with van der Waals surface area (Å²) in [6, 6.07) is 8.33. The van der Waals surface area contributed by atoms with Crippen LogP contribution in [0.2, 0.25) is 5.02 Å². The van der Waals surface area contributed by atoms with Gasteiger partial charge in [-0.05, 0) is 37.1 Å². The molecule has 3 N–H and O–H groups in total. The van der Waals surface area contributed by atoms with Crippen LogP contribution in [0.5, 0.6) is 0 Å². The molecule has 0 spiro atoms. The second kappa shape index (κ2) is 8.95. The summed E-state index contributed by atoms with van der Waals surface area (Å²) in [6.45, 7) is 14.6. The van der Waals surface area contributed by atoms with Crippen LogP contribution in [-0.4, -0.2) is 29.0 Å². The molecule has 3 rings (SSSR count). The smallest absolute Gasteiger partial charge is 0.403 e. The molecule has 6 heteroatoms. The first-order chi connectivity index (χ1) is 11.5. The van der Waals surface area contributed by atoms with Crippen molar-refractivity contribution in [3.63, 3.8) is 0 Å². The Kier molecular flexibility index (Phi) is 7.20. The minimum atomic E-state index is 0. The normalized spacial score (nSPS) is 17.0. The van der Waals surface area contributed by atoms with Crippen molar-refractivity contribution in [2.75, 3.05) is 13.1 Å². The zero-order valence-corrected chi connectivity index (χ0v) is 17.6. The van der Waals surface area contributed by atoms with Gasteiger partial charge in [0.2, 0.25) is 0 Å². The van der Waals surface area contributed by atoms with Crippen molar-refractivity contribution >= 4 is 22.5 Å². The zero-order chi connectivity index (χ0) is 17.1. The van der Waals surface area contributed by atoms with E-state index in [1.807, 2.05) is 18.2 Å². The quantitative estimate of drug-likeness (QED) is 0.523. The van der Waals surface area contributed by atoms with Crippen molar-refractivity contribution in [2.24, 2.45) is 0 Å². The first kappa shape index (κ1) is 20.1. The van der Waals surface area contributed by atoms with Crippen LogP contribution in [0.25, 0.3) is 10.9 Å². The average Bonchev–Trinajstić information content (AvgIpc) is 2.95. The van der Waals surface area contributed by atoms with Gasteiger partial charge in [-0.1, -0.05) is 18.2 Å². The molecule has 25 heavy (non-hydrogen) atoms. The molecule has 2 heterocycles. The number of aromatic amines is 1. The maximum Gasteiger partial charge on any atom is 1.00 e. The maximum absolute atomic E-state index is 6.03. The van der Waals surface area contributed by atoms with Gasteiger partial charge in [-0.3, -0.25) is 0 Å². The molecule has 0 bridgehead atoms. The summed E-state index contributed by atoms with van der Waals surface area (Å²) in [4.78, 5) is 5.60. The molecule has 1 aliphatic rings. The van der Waals surface area contributed by atoms with Crippen LogP contribution in [0.4, 0.5) is 0 Å². The van der Waals surface area contributed by atoms with Crippen molar-refractivity contribution in [1.29, 1.82) is 0 Å². The Labute approximate surface area is 177 Å². The molecule has 1 aliphatic heterocycles. The maximum atomic E-state index is 6.03. The van der Waals surface area contributed by atoms with Gasteiger partial charge in [0.25, 0.3) is 0 Å². The number of piperidine rings is 1. The van der Waals surface area contributed by atoms with Gasteiger partial charge in [0.1, 0.15) is 0 Å². The Morgan fingerprint density at radius 2 is 2.16 bits per heavy atom. The predicted octanol–water partition coefficient (Wildman–Crippen LogP) is 0.788. The predicted molar refractivity (Wildman–Crippen MR) is 102 cm³/mol. The van der Waals surface area contributed by atoms with Gasteiger partial charge < -0.3 is 20.5 Å². The van der Waals surface area contributed by atoms with Crippen LogP contribution in [0.15, 0.2) is 48.9 Å². The Hall–Kier alpha value is -1.20. The van der Waals surface area contributed by atoms with E-state index >= 15 is 0 Å². The number of benzene rings is 1. The van der Waals surface area contributed by atoms with Gasteiger partial charge in [0.05, 0.1) is 12.4 Å². The fourth-order valence-electron chi connectivity index (χ4n) is 3.14. The fourth-order valence-corrected chi connectivity index (χ4v) is 3.32. The average molecular weight is 367 g/mol. The summed E-state index contributed by atoms with van der Waals surface area (Å²) in [5.41, 5.74) is 3.08. The Morgan fingerprint density at radius 3 is 2.92 bits per heavy atom. The van der Waals surface area contributed by atoms with E-state index < -0.39 is 0 Å². The first-order valence-corrected chi connectivity index (χ1v) is 8.61. The van der Waals surface area contributed by atoms with Crippen molar-refractivity contribution < 1.29 is 29.6 Å². The molecule has 1 atom stereocenters. The van der Waals surface area contributed by atoms with Crippen LogP contribution in [0, 0.1) is 6.92 Å². The van der Waals surface area contributed by atoms with Crippen molar-refractivity contribution in [2.45, 2.75) is 25.4 Å². The standard InChI is InChI=1S/C19H24ClN4.Na/c1-13(2)24-8-4-5-17(12-24)22-14(3)21-11-18-10-15-9-16(20)6-7-19(15)23-18;/h6-7,9-10,17,21-23H,1-5,8,11-12H2;/q-1;+1. The van der Waals surface area contributed by atoms with E-state index in [2.05, 4.69) is 46.7 Å². The molecule has 1 fully saturated rings. The van der Waals surface area contributed by atoms with E-state index in [-0.39, 0.29) is 29.6 Å². The summed E-state index contributed by atoms with van der Waals surface area (Å²) in [5.74, 6) is 0.841. The van der Waals surface area contributed by atoms with Crippen molar-refractivity contribution in [3.8, 4) is 0 Å². The molecule has 2 aromatic rings. The Balaban J connectivity index is 0.00000225. The SMILES string of the molecule is C=C(NCc1cc2cc(Cl)ccc2[nH]1)NC1CCCN(C(=C)[CH2-])C1.[Na+]. The Bertz CT molecular complexity index is 755. The molecule has 0 radical (unpaired) electrons. The summed E-state index contributed by atoms with van der Waals surface area (Å²) in [7, 11) is 0. The minimum absolute atomic E-state index is 0. The molecule has 0 saturated carbocycles. The number of hydrogen-bond donors (Lipinski definition) is 3. The second-order valence-electron chi connectivity index (χ2n) is 6.35. The van der Waals surface area contributed by atoms with E-state index in [4.69, 9.17) is 11.6 Å². The molecule has 4 nitrogen and oxygen atoms in total. The Morgan fingerprint density at radius 1 is 1.36 bits per heavy atom. The van der Waals surface area contributed by atoms with Gasteiger partial charge >= 0.3 is 29.6 Å². The largest absolute Gasteiger partial charge is 1.00 e. The third-order valence-corrected chi connectivity index (χ3v) is 4.61. The number of nitrogens with zero attached hydrogens (tertiary/aromatic N) is 1. The van der Waals surface area contributed by atoms with Crippen LogP contribution in [0.3, 0.4) is 0 Å². The number of nitrogens with one attached hydrogen (secondary N) is 3. The van der Waals surface area contributed by atoms with Gasteiger partial charge in [0, 0.05) is 40.8 Å². The molecule has 1 unspecified atom stereocenters. The number of rotatable bonds is 6. The van der Waals surface area contributed by atoms with E-state index in [1.165, 1.54) is 0 Å². The summed E-state index contributed by atoms with van der Waals surface area (Å²) in [5, 5.41) is 8.68. The van der Waals surface area contributed by atoms with Crippen molar-refractivity contribution in [3.05, 3.63) is 66.6 Å². The molecule has 1 saturated heterocycles. The van der Waals surface area contributed by atoms with Crippen LogP contribution in [-0.2, 0) is 6.54 Å². The van der Waals surface area contributed by atoms with Crippen LogP contribution in [0.1, 0.15) is 18.5 Å². The second-order valence-corrected chi connectivity index (χ2v) is 6.79. The van der Waals surface area contributed by atoms with Crippen LogP contribution < -0.4 is 40.2 Å². The molecular formula is C19H24ClN4Na. The third-order valence-electron chi connectivity index (χ3n) is 4.38. The molecule has 1 aromatic heterocycles. The third kappa shape index (κ3) is 5.38. The van der Waals surface area contributed by atoms with E-state index in [9.17, 15) is 0 Å². The molecular weight excluding hydrogens is 343 g/mol. The summed E-state index contributed by atoms with van der Waals surface area (Å²) >= 11 is 6.03. The molecule has 0 aliphatic carbocycles. The van der Waals surface area contributed by atoms with Gasteiger partial charge in [-0.15, -0.1) is 5.70 Å². The first-order valence-electron chi connectivity index (χ1n) is 8.23.